The van der Waals surface area contributed by atoms with Crippen molar-refractivity contribution in [2.45, 2.75) is 12.8 Å². The average molecular weight is 377 g/mol. The molecule has 0 aliphatic carbocycles. The second-order valence-corrected chi connectivity index (χ2v) is 7.69. The lowest BCUT2D eigenvalue weighted by Gasteiger charge is -2.33. The number of amides is 2. The summed E-state index contributed by atoms with van der Waals surface area (Å²) in [6, 6.07) is 7.03. The molecule has 2 atom stereocenters. The lowest BCUT2D eigenvalue weighted by atomic mass is 9.95. The number of cyclic esters (lactones) is 1. The van der Waals surface area contributed by atoms with Crippen LogP contribution in [0.25, 0.3) is 0 Å². The van der Waals surface area contributed by atoms with Crippen molar-refractivity contribution in [1.29, 1.82) is 0 Å². The van der Waals surface area contributed by atoms with E-state index in [1.165, 1.54) is 0 Å². The minimum absolute atomic E-state index is 0.0832. The summed E-state index contributed by atoms with van der Waals surface area (Å²) in [5.41, 5.74) is 0.504. The van der Waals surface area contributed by atoms with Gasteiger partial charge < -0.3 is 14.5 Å². The van der Waals surface area contributed by atoms with Crippen LogP contribution in [0.3, 0.4) is 0 Å². The Labute approximate surface area is 157 Å². The van der Waals surface area contributed by atoms with Crippen molar-refractivity contribution in [1.82, 2.24) is 9.80 Å². The van der Waals surface area contributed by atoms with Gasteiger partial charge in [-0.2, -0.15) is 0 Å². The fourth-order valence-electron chi connectivity index (χ4n) is 4.18. The number of rotatable bonds is 2. The van der Waals surface area contributed by atoms with Crippen LogP contribution in [0.15, 0.2) is 24.3 Å². The molecule has 7 heteroatoms. The van der Waals surface area contributed by atoms with Crippen molar-refractivity contribution in [3.05, 3.63) is 34.9 Å². The lowest BCUT2D eigenvalue weighted by Crippen LogP contribution is -2.44. The number of ether oxygens (including phenoxy) is 1. The second kappa shape index (κ2) is 6.91. The molecule has 2 amide bonds. The SMILES string of the molecule is O=C1OC[C@H]2CN(C(=O)C3CCN(C(=O)c4ccccc4Cl)CC3)C[C@@H]12. The van der Waals surface area contributed by atoms with Gasteiger partial charge in [-0.3, -0.25) is 14.4 Å². The minimum atomic E-state index is -0.176. The molecule has 3 aliphatic heterocycles. The van der Waals surface area contributed by atoms with E-state index in [9.17, 15) is 14.4 Å². The highest BCUT2D eigenvalue weighted by molar-refractivity contribution is 6.33. The van der Waals surface area contributed by atoms with Crippen LogP contribution in [0.1, 0.15) is 23.2 Å². The average Bonchev–Trinajstić information content (AvgIpc) is 3.23. The summed E-state index contributed by atoms with van der Waals surface area (Å²) in [7, 11) is 0. The molecule has 6 nitrogen and oxygen atoms in total. The van der Waals surface area contributed by atoms with Gasteiger partial charge in [0.05, 0.1) is 23.1 Å². The number of halogens is 1. The Kier molecular flexibility index (Phi) is 4.61. The zero-order valence-corrected chi connectivity index (χ0v) is 15.2. The molecule has 3 aliphatic rings. The molecule has 26 heavy (non-hydrogen) atoms. The molecule has 3 fully saturated rings. The first-order chi connectivity index (χ1) is 12.5. The van der Waals surface area contributed by atoms with E-state index in [2.05, 4.69) is 0 Å². The summed E-state index contributed by atoms with van der Waals surface area (Å²) in [5, 5.41) is 0.450. The quantitative estimate of drug-likeness (QED) is 0.738. The monoisotopic (exact) mass is 376 g/mol. The van der Waals surface area contributed by atoms with Crippen molar-refractivity contribution in [2.75, 3.05) is 32.8 Å². The van der Waals surface area contributed by atoms with Gasteiger partial charge >= 0.3 is 5.97 Å². The molecular weight excluding hydrogens is 356 g/mol. The van der Waals surface area contributed by atoms with Gasteiger partial charge in [0.2, 0.25) is 5.91 Å². The number of hydrogen-bond donors (Lipinski definition) is 0. The zero-order chi connectivity index (χ0) is 18.3. The van der Waals surface area contributed by atoms with Gasteiger partial charge in [-0.1, -0.05) is 23.7 Å². The maximum absolute atomic E-state index is 12.8. The molecule has 0 spiro atoms. The number of piperidine rings is 1. The van der Waals surface area contributed by atoms with Crippen LogP contribution in [0, 0.1) is 17.8 Å². The van der Waals surface area contributed by atoms with Crippen LogP contribution in [-0.4, -0.2) is 60.4 Å². The highest BCUT2D eigenvalue weighted by Crippen LogP contribution is 2.32. The standard InChI is InChI=1S/C19H21ClN2O4/c20-16-4-2-1-3-14(16)18(24)21-7-5-12(6-8-21)17(23)22-9-13-11-26-19(25)15(13)10-22/h1-4,12-13,15H,5-11H2/t13-,15-/m1/s1. The van der Waals surface area contributed by atoms with E-state index in [1.807, 2.05) is 4.90 Å². The van der Waals surface area contributed by atoms with Gasteiger partial charge in [0.15, 0.2) is 0 Å². The number of fused-ring (bicyclic) bond motifs is 1. The molecule has 1 aromatic rings. The van der Waals surface area contributed by atoms with E-state index in [0.717, 1.165) is 0 Å². The third kappa shape index (κ3) is 3.07. The molecule has 138 valence electrons. The van der Waals surface area contributed by atoms with Gasteiger partial charge in [-0.15, -0.1) is 0 Å². The fourth-order valence-corrected chi connectivity index (χ4v) is 4.39. The van der Waals surface area contributed by atoms with Crippen molar-refractivity contribution >= 4 is 29.4 Å². The van der Waals surface area contributed by atoms with Gasteiger partial charge in [0.1, 0.15) is 0 Å². The van der Waals surface area contributed by atoms with Crippen molar-refractivity contribution < 1.29 is 19.1 Å². The van der Waals surface area contributed by atoms with Crippen molar-refractivity contribution in [2.24, 2.45) is 17.8 Å². The maximum atomic E-state index is 12.8. The van der Waals surface area contributed by atoms with Crippen LogP contribution in [0.4, 0.5) is 0 Å². The van der Waals surface area contributed by atoms with Gasteiger partial charge in [0.25, 0.3) is 5.91 Å². The van der Waals surface area contributed by atoms with Crippen LogP contribution >= 0.6 is 11.6 Å². The number of likely N-dealkylation sites (tertiary alicyclic amines) is 2. The number of carbonyl (C=O) groups excluding carboxylic acids is 3. The Morgan fingerprint density at radius 3 is 2.50 bits per heavy atom. The van der Waals surface area contributed by atoms with E-state index >= 15 is 0 Å². The van der Waals surface area contributed by atoms with E-state index < -0.39 is 0 Å². The fraction of sp³-hybridized carbons (Fsp3) is 0.526. The molecule has 3 heterocycles. The van der Waals surface area contributed by atoms with E-state index in [0.29, 0.717) is 56.2 Å². The molecule has 0 radical (unpaired) electrons. The van der Waals surface area contributed by atoms with Crippen molar-refractivity contribution in [3.63, 3.8) is 0 Å². The Bertz CT molecular complexity index is 745. The number of carbonyl (C=O) groups is 3. The summed E-state index contributed by atoms with van der Waals surface area (Å²) in [4.78, 5) is 40.6. The molecule has 1 aromatic carbocycles. The summed E-state index contributed by atoms with van der Waals surface area (Å²) in [5.74, 6) is -0.239. The number of hydrogen-bond acceptors (Lipinski definition) is 4. The Balaban J connectivity index is 1.34. The molecule has 0 saturated carbocycles. The topological polar surface area (TPSA) is 66.9 Å². The zero-order valence-electron chi connectivity index (χ0n) is 14.4. The number of nitrogens with zero attached hydrogens (tertiary/aromatic N) is 2. The van der Waals surface area contributed by atoms with Crippen molar-refractivity contribution in [3.8, 4) is 0 Å². The summed E-state index contributed by atoms with van der Waals surface area (Å²) in [6.45, 7) is 2.60. The second-order valence-electron chi connectivity index (χ2n) is 7.29. The van der Waals surface area contributed by atoms with Gasteiger partial charge in [0, 0.05) is 38.0 Å². The maximum Gasteiger partial charge on any atom is 0.311 e. The predicted octanol–water partition coefficient (Wildman–Crippen LogP) is 1.82. The minimum Gasteiger partial charge on any atom is -0.465 e. The Hall–Kier alpha value is -2.08. The first kappa shape index (κ1) is 17.3. The molecular formula is C19H21ClN2O4. The molecule has 4 rings (SSSR count). The first-order valence-electron chi connectivity index (χ1n) is 9.04. The lowest BCUT2D eigenvalue weighted by molar-refractivity contribution is -0.142. The third-order valence-electron chi connectivity index (χ3n) is 5.73. The van der Waals surface area contributed by atoms with Gasteiger partial charge in [-0.05, 0) is 25.0 Å². The largest absolute Gasteiger partial charge is 0.465 e. The summed E-state index contributed by atoms with van der Waals surface area (Å²) >= 11 is 6.12. The summed E-state index contributed by atoms with van der Waals surface area (Å²) < 4.78 is 5.05. The first-order valence-corrected chi connectivity index (χ1v) is 9.41. The molecule has 0 aromatic heterocycles. The van der Waals surface area contributed by atoms with E-state index in [1.54, 1.807) is 29.2 Å². The molecule has 3 saturated heterocycles. The highest BCUT2D eigenvalue weighted by atomic mass is 35.5. The van der Waals surface area contributed by atoms with Crippen LogP contribution in [0.2, 0.25) is 5.02 Å². The van der Waals surface area contributed by atoms with E-state index in [4.69, 9.17) is 16.3 Å². The normalized spacial score (nSPS) is 26.0. The molecule has 0 unspecified atom stereocenters. The Morgan fingerprint density at radius 2 is 1.81 bits per heavy atom. The Morgan fingerprint density at radius 1 is 1.08 bits per heavy atom. The number of esters is 1. The van der Waals surface area contributed by atoms with E-state index in [-0.39, 0.29) is 35.5 Å². The molecule has 0 bridgehead atoms. The van der Waals surface area contributed by atoms with Crippen LogP contribution in [-0.2, 0) is 14.3 Å². The smallest absolute Gasteiger partial charge is 0.311 e. The predicted molar refractivity (Wildman–Crippen MR) is 94.6 cm³/mol. The molecule has 0 N–H and O–H groups in total. The third-order valence-corrected chi connectivity index (χ3v) is 6.06. The van der Waals surface area contributed by atoms with Gasteiger partial charge in [-0.25, -0.2) is 0 Å². The highest BCUT2D eigenvalue weighted by Gasteiger charge is 2.46. The van der Waals surface area contributed by atoms with Crippen LogP contribution in [0.5, 0.6) is 0 Å². The number of benzene rings is 1. The summed E-state index contributed by atoms with van der Waals surface area (Å²) in [6.07, 6.45) is 1.29. The van der Waals surface area contributed by atoms with Crippen LogP contribution < -0.4 is 0 Å².